The monoisotopic (exact) mass is 764 g/mol. The fourth-order valence-corrected chi connectivity index (χ4v) is 8.56. The van der Waals surface area contributed by atoms with Gasteiger partial charge in [0.25, 0.3) is 11.8 Å². The van der Waals surface area contributed by atoms with Crippen molar-refractivity contribution in [3.63, 3.8) is 0 Å². The lowest BCUT2D eigenvalue weighted by Gasteiger charge is -2.30. The second-order valence-electron chi connectivity index (χ2n) is 15.1. The van der Waals surface area contributed by atoms with Gasteiger partial charge >= 0.3 is 0 Å². The summed E-state index contributed by atoms with van der Waals surface area (Å²) in [5, 5.41) is 9.86. The predicted octanol–water partition coefficient (Wildman–Crippen LogP) is 2.61. The molecule has 2 aromatic heterocycles. The van der Waals surface area contributed by atoms with Gasteiger partial charge in [0.1, 0.15) is 40.9 Å². The molecular weight excluding hydrogens is 720 g/mol. The van der Waals surface area contributed by atoms with E-state index in [1.807, 2.05) is 19.1 Å². The number of fused-ring (bicyclic) bond motifs is 3. The molecule has 0 bridgehead atoms. The second kappa shape index (κ2) is 14.4. The van der Waals surface area contributed by atoms with E-state index in [-0.39, 0.29) is 36.5 Å². The van der Waals surface area contributed by atoms with Crippen LogP contribution in [0.2, 0.25) is 0 Å². The number of hydrogen-bond acceptors (Lipinski definition) is 10. The van der Waals surface area contributed by atoms with Gasteiger partial charge in [-0.1, -0.05) is 31.9 Å². The molecule has 15 nitrogen and oxygen atoms in total. The van der Waals surface area contributed by atoms with E-state index in [4.69, 9.17) is 4.74 Å². The van der Waals surface area contributed by atoms with Gasteiger partial charge in [0.2, 0.25) is 27.7 Å². The third-order valence-corrected chi connectivity index (χ3v) is 13.2. The first-order valence-electron chi connectivity index (χ1n) is 18.5. The lowest BCUT2D eigenvalue weighted by atomic mass is 10.0. The number of rotatable bonds is 8. The molecule has 2 aliphatic heterocycles. The normalized spacial score (nSPS) is 27.4. The van der Waals surface area contributed by atoms with Crippen molar-refractivity contribution in [2.24, 2.45) is 13.0 Å². The highest BCUT2D eigenvalue weighted by Crippen LogP contribution is 2.47. The van der Waals surface area contributed by atoms with E-state index in [0.717, 1.165) is 12.8 Å². The van der Waals surface area contributed by atoms with Crippen molar-refractivity contribution in [2.45, 2.75) is 107 Å². The standard InChI is InChI=1S/C37H45FN8O7S/c1-4-25-33(41-29-18-23(38)12-13-26(29)39-25)53-24-19-30-32(48)42-37(35(50)44-54(51,52)36(2)15-16-36)20-22(37)10-8-6-5-7-9-11-28(34(49)46(30)21-24)40-31(47)27-14-17-45(3)43-27/h8,10,12-14,17-18,22,24,28,30H,4-7,9,11,15-16,19-21H2,1-3H3,(H,40,47)(H,42,48)(H,44,50)/b10-8-/t22?,24-,28+,30+,37-/m1/s1. The molecule has 1 aromatic carbocycles. The Morgan fingerprint density at radius 3 is 2.63 bits per heavy atom. The van der Waals surface area contributed by atoms with Gasteiger partial charge in [0.05, 0.1) is 22.3 Å². The third-order valence-electron chi connectivity index (χ3n) is 11.0. The molecule has 2 aliphatic carbocycles. The van der Waals surface area contributed by atoms with E-state index in [9.17, 15) is 32.0 Å². The van der Waals surface area contributed by atoms with Crippen LogP contribution in [-0.4, -0.2) is 91.7 Å². The van der Waals surface area contributed by atoms with Gasteiger partial charge in [-0.05, 0) is 70.1 Å². The Kier molecular flexibility index (Phi) is 9.95. The highest BCUT2D eigenvalue weighted by atomic mass is 32.2. The molecule has 0 spiro atoms. The number of allylic oxidation sites excluding steroid dienone is 1. The summed E-state index contributed by atoms with van der Waals surface area (Å²) in [5.74, 6) is -3.37. The van der Waals surface area contributed by atoms with Crippen molar-refractivity contribution in [3.8, 4) is 5.88 Å². The van der Waals surface area contributed by atoms with Gasteiger partial charge < -0.3 is 20.3 Å². The highest BCUT2D eigenvalue weighted by Gasteiger charge is 2.63. The molecular formula is C37H45FN8O7S. The van der Waals surface area contributed by atoms with Gasteiger partial charge in [0.15, 0.2) is 0 Å². The van der Waals surface area contributed by atoms with E-state index in [0.29, 0.717) is 49.7 Å². The van der Waals surface area contributed by atoms with Crippen LogP contribution in [0.25, 0.3) is 11.0 Å². The van der Waals surface area contributed by atoms with Crippen LogP contribution in [0.1, 0.15) is 87.8 Å². The fraction of sp³-hybridized carbons (Fsp3) is 0.541. The van der Waals surface area contributed by atoms with Crippen LogP contribution >= 0.6 is 0 Å². The number of carbonyl (C=O) groups excluding carboxylic acids is 4. The number of aromatic nitrogens is 4. The molecule has 3 aromatic rings. The Bertz CT molecular complexity index is 2140. The Hall–Kier alpha value is -4.93. The van der Waals surface area contributed by atoms with Crippen molar-refractivity contribution in [2.75, 3.05) is 6.54 Å². The van der Waals surface area contributed by atoms with Gasteiger partial charge in [-0.3, -0.25) is 28.6 Å². The van der Waals surface area contributed by atoms with E-state index in [2.05, 4.69) is 30.4 Å². The van der Waals surface area contributed by atoms with Crippen LogP contribution in [0.5, 0.6) is 5.88 Å². The van der Waals surface area contributed by atoms with E-state index < -0.39 is 73.9 Å². The zero-order valence-electron chi connectivity index (χ0n) is 30.5. The Morgan fingerprint density at radius 1 is 1.11 bits per heavy atom. The highest BCUT2D eigenvalue weighted by molar-refractivity contribution is 7.91. The van der Waals surface area contributed by atoms with Gasteiger partial charge in [-0.2, -0.15) is 5.10 Å². The average Bonchev–Trinajstić information content (AvgIpc) is 3.93. The number of nitrogens with zero attached hydrogens (tertiary/aromatic N) is 5. The molecule has 3 N–H and O–H groups in total. The summed E-state index contributed by atoms with van der Waals surface area (Å²) in [4.78, 5) is 66.6. The SMILES string of the molecule is CCc1nc2ccc(F)cc2nc1O[C@@H]1C[C@H]2C(=O)N[C@]3(C(=O)NS(=O)(=O)C4(C)CC4)CC3/C=C\CCCCC[C@H](NC(=O)c3ccn(C)n3)C(=O)N2C1. The molecule has 7 rings (SSSR count). The minimum absolute atomic E-state index is 0.0148. The molecule has 4 aliphatic rings. The quantitative estimate of drug-likeness (QED) is 0.287. The molecule has 2 saturated carbocycles. The number of carbonyl (C=O) groups is 4. The molecule has 4 heterocycles. The van der Waals surface area contributed by atoms with E-state index >= 15 is 0 Å². The summed E-state index contributed by atoms with van der Waals surface area (Å²) in [5.41, 5.74) is -0.157. The predicted molar refractivity (Wildman–Crippen MR) is 194 cm³/mol. The lowest BCUT2D eigenvalue weighted by Crippen LogP contribution is -2.58. The summed E-state index contributed by atoms with van der Waals surface area (Å²) in [6, 6.07) is 3.42. The first-order chi connectivity index (χ1) is 25.7. The molecule has 17 heteroatoms. The largest absolute Gasteiger partial charge is 0.471 e. The molecule has 1 unspecified atom stereocenters. The Morgan fingerprint density at radius 2 is 1.91 bits per heavy atom. The molecule has 5 atom stereocenters. The summed E-state index contributed by atoms with van der Waals surface area (Å²) < 4.78 is 49.4. The van der Waals surface area contributed by atoms with Crippen LogP contribution < -0.4 is 20.1 Å². The molecule has 0 radical (unpaired) electrons. The van der Waals surface area contributed by atoms with Crippen molar-refractivity contribution in [1.29, 1.82) is 0 Å². The molecule has 288 valence electrons. The summed E-state index contributed by atoms with van der Waals surface area (Å²) in [7, 11) is -2.33. The van der Waals surface area contributed by atoms with Crippen LogP contribution in [0.4, 0.5) is 4.39 Å². The number of sulfonamides is 1. The number of ether oxygens (including phenoxy) is 1. The van der Waals surface area contributed by atoms with Crippen LogP contribution in [0.3, 0.4) is 0 Å². The summed E-state index contributed by atoms with van der Waals surface area (Å²) in [6.07, 6.45) is 9.15. The maximum absolute atomic E-state index is 14.5. The zero-order valence-corrected chi connectivity index (χ0v) is 31.3. The van der Waals surface area contributed by atoms with Gasteiger partial charge in [-0.25, -0.2) is 22.8 Å². The van der Waals surface area contributed by atoms with Crippen molar-refractivity contribution in [1.82, 2.24) is 40.0 Å². The topological polar surface area (TPSA) is 195 Å². The second-order valence-corrected chi connectivity index (χ2v) is 17.3. The number of halogens is 1. The number of benzene rings is 1. The van der Waals surface area contributed by atoms with E-state index in [1.54, 1.807) is 20.2 Å². The van der Waals surface area contributed by atoms with Gasteiger partial charge in [0, 0.05) is 31.6 Å². The molecule has 1 saturated heterocycles. The van der Waals surface area contributed by atoms with Crippen molar-refractivity contribution in [3.05, 3.63) is 59.8 Å². The van der Waals surface area contributed by atoms with Crippen molar-refractivity contribution < 1.29 is 36.7 Å². The summed E-state index contributed by atoms with van der Waals surface area (Å²) >= 11 is 0. The van der Waals surface area contributed by atoms with Crippen LogP contribution in [0, 0.1) is 11.7 Å². The third kappa shape index (κ3) is 7.42. The lowest BCUT2D eigenvalue weighted by molar-refractivity contribution is -0.141. The first kappa shape index (κ1) is 37.4. The number of amides is 4. The van der Waals surface area contributed by atoms with E-state index in [1.165, 1.54) is 33.8 Å². The summed E-state index contributed by atoms with van der Waals surface area (Å²) in [6.45, 7) is 3.37. The molecule has 54 heavy (non-hydrogen) atoms. The maximum Gasteiger partial charge on any atom is 0.272 e. The molecule has 3 fully saturated rings. The van der Waals surface area contributed by atoms with Gasteiger partial charge in [-0.15, -0.1) is 0 Å². The number of aryl methyl sites for hydroxylation is 2. The zero-order chi connectivity index (χ0) is 38.4. The van der Waals surface area contributed by atoms with Crippen LogP contribution in [-0.2, 0) is 37.9 Å². The minimum Gasteiger partial charge on any atom is -0.471 e. The maximum atomic E-state index is 14.5. The first-order valence-corrected chi connectivity index (χ1v) is 20.0. The smallest absolute Gasteiger partial charge is 0.272 e. The Labute approximate surface area is 312 Å². The Balaban J connectivity index is 1.21. The minimum atomic E-state index is -4.01. The van der Waals surface area contributed by atoms with Crippen LogP contribution in [0.15, 0.2) is 42.6 Å². The number of nitrogens with one attached hydrogen (secondary N) is 3. The average molecular weight is 765 g/mol. The molecule has 4 amide bonds. The van der Waals surface area contributed by atoms with Crippen molar-refractivity contribution >= 4 is 44.7 Å². The fourth-order valence-electron chi connectivity index (χ4n) is 7.25. The number of hydrogen-bond donors (Lipinski definition) is 3.